The van der Waals surface area contributed by atoms with Gasteiger partial charge in [0.1, 0.15) is 5.82 Å². The van der Waals surface area contributed by atoms with Crippen LogP contribution in [0.2, 0.25) is 0 Å². The van der Waals surface area contributed by atoms with Crippen molar-refractivity contribution in [1.29, 1.82) is 0 Å². The van der Waals surface area contributed by atoms with Crippen LogP contribution < -0.4 is 21.3 Å². The minimum absolute atomic E-state index is 0.0677. The summed E-state index contributed by atoms with van der Waals surface area (Å²) < 4.78 is 13.1. The van der Waals surface area contributed by atoms with E-state index in [-0.39, 0.29) is 23.6 Å². The number of fused-ring (bicyclic) bond motifs is 2. The van der Waals surface area contributed by atoms with Gasteiger partial charge in [0, 0.05) is 18.3 Å². The van der Waals surface area contributed by atoms with Gasteiger partial charge < -0.3 is 16.0 Å². The Kier molecular flexibility index (Phi) is 3.21. The summed E-state index contributed by atoms with van der Waals surface area (Å²) in [6.45, 7) is 0. The zero-order valence-electron chi connectivity index (χ0n) is 13.3. The van der Waals surface area contributed by atoms with Crippen LogP contribution in [0, 0.1) is 5.82 Å². The number of carbonyl (C=O) groups is 1. The molecule has 4 rings (SSSR count). The van der Waals surface area contributed by atoms with Gasteiger partial charge in [-0.05, 0) is 30.3 Å². The van der Waals surface area contributed by atoms with E-state index in [2.05, 4.69) is 20.6 Å². The summed E-state index contributed by atoms with van der Waals surface area (Å²) in [5, 5.41) is 5.80. The summed E-state index contributed by atoms with van der Waals surface area (Å²) in [7, 11) is 1.67. The summed E-state index contributed by atoms with van der Waals surface area (Å²) >= 11 is 0. The molecule has 2 aromatic rings. The Morgan fingerprint density at radius 1 is 1.16 bits per heavy atom. The molecule has 0 bridgehead atoms. The predicted octanol–water partition coefficient (Wildman–Crippen LogP) is 1.34. The minimum Gasteiger partial charge on any atom is -0.370 e. The Balaban J connectivity index is 1.78. The molecule has 1 spiro atoms. The molecule has 2 aliphatic heterocycles. The van der Waals surface area contributed by atoms with Gasteiger partial charge in [0.05, 0.1) is 5.69 Å². The van der Waals surface area contributed by atoms with Gasteiger partial charge in [-0.15, -0.1) is 0 Å². The lowest BCUT2D eigenvalue weighted by Crippen LogP contribution is -2.50. The third-order valence-electron chi connectivity index (χ3n) is 4.15. The molecule has 8 heteroatoms. The minimum atomic E-state index is -1.46. The van der Waals surface area contributed by atoms with Gasteiger partial charge in [-0.1, -0.05) is 18.2 Å². The number of nitrogens with one attached hydrogen (secondary N) is 2. The third kappa shape index (κ3) is 2.30. The lowest BCUT2D eigenvalue weighted by Gasteiger charge is -2.26. The molecule has 4 N–H and O–H groups in total. The van der Waals surface area contributed by atoms with Gasteiger partial charge in [-0.3, -0.25) is 10.1 Å². The number of carbonyl (C=O) groups excluding carboxylic acids is 1. The van der Waals surface area contributed by atoms with Crippen molar-refractivity contribution in [2.75, 3.05) is 17.3 Å². The van der Waals surface area contributed by atoms with E-state index < -0.39 is 5.66 Å². The first-order valence-electron chi connectivity index (χ1n) is 7.62. The molecule has 25 heavy (non-hydrogen) atoms. The summed E-state index contributed by atoms with van der Waals surface area (Å²) in [4.78, 5) is 23.2. The van der Waals surface area contributed by atoms with Crippen molar-refractivity contribution in [1.82, 2.24) is 5.32 Å². The Bertz CT molecular complexity index is 923. The maximum Gasteiger partial charge on any atom is 0.282 e. The van der Waals surface area contributed by atoms with Crippen LogP contribution in [0.4, 0.5) is 15.8 Å². The number of para-hydroxylation sites is 1. The molecule has 0 saturated carbocycles. The quantitative estimate of drug-likeness (QED) is 0.731. The molecular weight excluding hydrogens is 323 g/mol. The molecule has 0 fully saturated rings. The number of hydrogen-bond acceptors (Lipinski definition) is 6. The second-order valence-electron chi connectivity index (χ2n) is 5.77. The van der Waals surface area contributed by atoms with E-state index in [0.717, 1.165) is 5.69 Å². The number of benzene rings is 2. The molecule has 1 amide bonds. The molecule has 126 valence electrons. The van der Waals surface area contributed by atoms with Crippen molar-refractivity contribution in [2.45, 2.75) is 5.66 Å². The fourth-order valence-electron chi connectivity index (χ4n) is 3.00. The molecule has 0 aliphatic carbocycles. The second kappa shape index (κ2) is 5.30. The van der Waals surface area contributed by atoms with Crippen LogP contribution >= 0.6 is 0 Å². The molecule has 0 unspecified atom stereocenters. The highest BCUT2D eigenvalue weighted by Crippen LogP contribution is 2.43. The molecule has 2 aliphatic rings. The zero-order chi connectivity index (χ0) is 17.6. The van der Waals surface area contributed by atoms with E-state index >= 15 is 0 Å². The molecule has 0 radical (unpaired) electrons. The first-order chi connectivity index (χ1) is 12.0. The fourth-order valence-corrected chi connectivity index (χ4v) is 3.00. The van der Waals surface area contributed by atoms with Crippen molar-refractivity contribution in [3.63, 3.8) is 0 Å². The summed E-state index contributed by atoms with van der Waals surface area (Å²) in [6.07, 6.45) is 0. The molecular formula is C17H15FN6O. The maximum absolute atomic E-state index is 13.1. The van der Waals surface area contributed by atoms with Gasteiger partial charge in [-0.25, -0.2) is 14.4 Å². The van der Waals surface area contributed by atoms with E-state index in [9.17, 15) is 9.18 Å². The Labute approximate surface area is 143 Å². The van der Waals surface area contributed by atoms with Crippen LogP contribution in [0.15, 0.2) is 58.5 Å². The number of hydrogen-bond donors (Lipinski definition) is 3. The van der Waals surface area contributed by atoms with Crippen molar-refractivity contribution in [3.8, 4) is 0 Å². The second-order valence-corrected chi connectivity index (χ2v) is 5.77. The number of amides is 1. The number of anilines is 2. The molecule has 1 atom stereocenters. The predicted molar refractivity (Wildman–Crippen MR) is 93.7 cm³/mol. The lowest BCUT2D eigenvalue weighted by atomic mass is 10.0. The monoisotopic (exact) mass is 338 g/mol. The summed E-state index contributed by atoms with van der Waals surface area (Å²) in [5.41, 5.74) is 6.45. The van der Waals surface area contributed by atoms with Crippen LogP contribution in [0.3, 0.4) is 0 Å². The van der Waals surface area contributed by atoms with E-state index in [1.807, 2.05) is 18.2 Å². The smallest absolute Gasteiger partial charge is 0.282 e. The highest BCUT2D eigenvalue weighted by atomic mass is 19.1. The van der Waals surface area contributed by atoms with Gasteiger partial charge in [0.25, 0.3) is 11.6 Å². The summed E-state index contributed by atoms with van der Waals surface area (Å²) in [6, 6.07) is 13.1. The summed E-state index contributed by atoms with van der Waals surface area (Å²) in [5.74, 6) is -0.310. The standard InChI is InChI=1S/C17H15FN6O/c1-24-13-5-3-2-4-12(13)17(14(24)25)22-15(19)21-16(23-17)20-11-8-6-10(18)7-9-11/h2-9H,1H3,(H4,19,20,21,22,23)/t17-/m1/s1. The van der Waals surface area contributed by atoms with Gasteiger partial charge >= 0.3 is 0 Å². The van der Waals surface area contributed by atoms with E-state index in [4.69, 9.17) is 5.73 Å². The maximum atomic E-state index is 13.1. The number of nitrogens with zero attached hydrogens (tertiary/aromatic N) is 3. The number of aliphatic imine (C=N–C) groups is 2. The number of halogens is 1. The Hall–Kier alpha value is -3.42. The van der Waals surface area contributed by atoms with Crippen molar-refractivity contribution < 1.29 is 9.18 Å². The van der Waals surface area contributed by atoms with Crippen molar-refractivity contribution in [2.24, 2.45) is 15.7 Å². The average molecular weight is 338 g/mol. The lowest BCUT2D eigenvalue weighted by molar-refractivity contribution is -0.122. The largest absolute Gasteiger partial charge is 0.370 e. The first kappa shape index (κ1) is 15.1. The van der Waals surface area contributed by atoms with Crippen LogP contribution in [0.5, 0.6) is 0 Å². The Morgan fingerprint density at radius 2 is 1.88 bits per heavy atom. The van der Waals surface area contributed by atoms with Crippen LogP contribution in [-0.2, 0) is 10.5 Å². The van der Waals surface area contributed by atoms with Crippen molar-refractivity contribution >= 4 is 29.2 Å². The van der Waals surface area contributed by atoms with E-state index in [1.54, 1.807) is 25.2 Å². The molecule has 0 aromatic heterocycles. The van der Waals surface area contributed by atoms with Crippen LogP contribution in [0.1, 0.15) is 5.56 Å². The Morgan fingerprint density at radius 3 is 2.64 bits per heavy atom. The molecule has 2 aromatic carbocycles. The van der Waals surface area contributed by atoms with Gasteiger partial charge in [0.15, 0.2) is 5.96 Å². The zero-order valence-corrected chi connectivity index (χ0v) is 13.3. The number of likely N-dealkylation sites (N-methyl/N-ethyl adjacent to an activating group) is 1. The normalized spacial score (nSPS) is 21.5. The average Bonchev–Trinajstić information content (AvgIpc) is 2.79. The van der Waals surface area contributed by atoms with E-state index in [0.29, 0.717) is 11.3 Å². The molecule has 2 heterocycles. The highest BCUT2D eigenvalue weighted by Gasteiger charge is 2.52. The number of rotatable bonds is 1. The van der Waals surface area contributed by atoms with E-state index in [1.165, 1.54) is 17.0 Å². The third-order valence-corrected chi connectivity index (χ3v) is 4.15. The highest BCUT2D eigenvalue weighted by molar-refractivity contribution is 6.14. The van der Waals surface area contributed by atoms with Gasteiger partial charge in [-0.2, -0.15) is 0 Å². The molecule has 7 nitrogen and oxygen atoms in total. The fraction of sp³-hybridized carbons (Fsp3) is 0.118. The first-order valence-corrected chi connectivity index (χ1v) is 7.62. The number of guanidine groups is 2. The molecule has 0 saturated heterocycles. The number of nitrogens with two attached hydrogens (primary N) is 1. The topological polar surface area (TPSA) is 95.1 Å². The van der Waals surface area contributed by atoms with Crippen LogP contribution in [-0.4, -0.2) is 24.9 Å². The van der Waals surface area contributed by atoms with Crippen molar-refractivity contribution in [3.05, 3.63) is 59.9 Å². The van der Waals surface area contributed by atoms with Crippen LogP contribution in [0.25, 0.3) is 0 Å². The SMILES string of the molecule is CN1C(=O)[C@@]2(N=C(N)NC(Nc3ccc(F)cc3)=N2)c2ccccc21. The van der Waals surface area contributed by atoms with Gasteiger partial charge in [0.2, 0.25) is 5.96 Å².